The Labute approximate surface area is 88.7 Å². The fourth-order valence-electron chi connectivity index (χ4n) is 0.927. The third kappa shape index (κ3) is 2.37. The Morgan fingerprint density at radius 3 is 2.40 bits per heavy atom. The van der Waals surface area contributed by atoms with Crippen LogP contribution in [-0.4, -0.2) is 19.4 Å². The van der Waals surface area contributed by atoms with Gasteiger partial charge in [0.15, 0.2) is 0 Å². The Morgan fingerprint density at radius 1 is 1.47 bits per heavy atom. The number of phenols is 1. The molecule has 1 amide bonds. The van der Waals surface area contributed by atoms with E-state index in [-0.39, 0.29) is 0 Å². The number of nitrogens with two attached hydrogens (primary N) is 1. The summed E-state index contributed by atoms with van der Waals surface area (Å²) < 4.78 is 34.7. The predicted molar refractivity (Wildman–Crippen MR) is 49.6 cm³/mol. The van der Waals surface area contributed by atoms with Gasteiger partial charge < -0.3 is 10.8 Å². The zero-order chi connectivity index (χ0) is 11.8. The van der Waals surface area contributed by atoms with E-state index in [1.165, 1.54) is 0 Å². The fourth-order valence-corrected chi connectivity index (χ4v) is 1.83. The molecule has 3 N–H and O–H groups in total. The molecule has 0 aliphatic heterocycles. The van der Waals surface area contributed by atoms with Crippen molar-refractivity contribution in [3.63, 3.8) is 0 Å². The van der Waals surface area contributed by atoms with Crippen LogP contribution in [0.25, 0.3) is 0 Å². The number of rotatable bonds is 2. The van der Waals surface area contributed by atoms with E-state index < -0.39 is 37.0 Å². The van der Waals surface area contributed by atoms with E-state index in [0.29, 0.717) is 12.1 Å². The van der Waals surface area contributed by atoms with Crippen LogP contribution < -0.4 is 5.73 Å². The lowest BCUT2D eigenvalue weighted by atomic mass is 10.2. The third-order valence-corrected chi connectivity index (χ3v) is 2.92. The van der Waals surface area contributed by atoms with Crippen molar-refractivity contribution < 1.29 is 22.7 Å². The highest BCUT2D eigenvalue weighted by atomic mass is 35.7. The monoisotopic (exact) mass is 253 g/mol. The van der Waals surface area contributed by atoms with Gasteiger partial charge in [-0.1, -0.05) is 0 Å². The first-order valence-electron chi connectivity index (χ1n) is 3.50. The molecule has 0 aliphatic rings. The molecule has 0 aliphatic carbocycles. The summed E-state index contributed by atoms with van der Waals surface area (Å²) >= 11 is 0. The molecule has 0 saturated heterocycles. The first-order chi connectivity index (χ1) is 6.73. The van der Waals surface area contributed by atoms with Crippen LogP contribution >= 0.6 is 10.7 Å². The summed E-state index contributed by atoms with van der Waals surface area (Å²) in [4.78, 5) is 9.81. The van der Waals surface area contributed by atoms with Gasteiger partial charge in [0.2, 0.25) is 0 Å². The number of primary amides is 1. The second-order valence-corrected chi connectivity index (χ2v) is 5.14. The molecule has 5 nitrogen and oxygen atoms in total. The van der Waals surface area contributed by atoms with Gasteiger partial charge in [0.1, 0.15) is 16.5 Å². The molecule has 82 valence electrons. The lowest BCUT2D eigenvalue weighted by molar-refractivity contribution is 0.0997. The van der Waals surface area contributed by atoms with Crippen molar-refractivity contribution in [2.75, 3.05) is 0 Å². The number of carbonyl (C=O) groups is 1. The van der Waals surface area contributed by atoms with Gasteiger partial charge in [-0.2, -0.15) is 0 Å². The first-order valence-corrected chi connectivity index (χ1v) is 5.81. The maximum Gasteiger partial charge on any atom is 0.264 e. The topological polar surface area (TPSA) is 97.5 Å². The Bertz CT molecular complexity index is 528. The van der Waals surface area contributed by atoms with E-state index in [1.54, 1.807) is 0 Å². The molecule has 0 atom stereocenters. The minimum Gasteiger partial charge on any atom is -0.507 e. The van der Waals surface area contributed by atoms with Gasteiger partial charge in [0, 0.05) is 16.7 Å². The molecular weight excluding hydrogens is 249 g/mol. The summed E-state index contributed by atoms with van der Waals surface area (Å²) in [7, 11) is 0.563. The molecule has 0 heterocycles. The SMILES string of the molecule is NC(=O)c1cc(S(=O)(=O)Cl)c(F)cc1O. The number of benzene rings is 1. The molecule has 0 saturated carbocycles. The van der Waals surface area contributed by atoms with Crippen molar-refractivity contribution in [1.29, 1.82) is 0 Å². The first kappa shape index (κ1) is 11.7. The Balaban J connectivity index is 3.58. The van der Waals surface area contributed by atoms with E-state index in [2.05, 4.69) is 0 Å². The largest absolute Gasteiger partial charge is 0.507 e. The Morgan fingerprint density at radius 2 is 2.00 bits per heavy atom. The van der Waals surface area contributed by atoms with E-state index in [1.807, 2.05) is 0 Å². The van der Waals surface area contributed by atoms with Crippen molar-refractivity contribution in [2.24, 2.45) is 5.73 Å². The van der Waals surface area contributed by atoms with Gasteiger partial charge in [0.25, 0.3) is 15.0 Å². The van der Waals surface area contributed by atoms with Gasteiger partial charge in [-0.3, -0.25) is 4.79 Å². The average molecular weight is 254 g/mol. The molecule has 0 bridgehead atoms. The third-order valence-electron chi connectivity index (χ3n) is 1.58. The molecule has 8 heteroatoms. The van der Waals surface area contributed by atoms with Crippen molar-refractivity contribution in [1.82, 2.24) is 0 Å². The maximum absolute atomic E-state index is 13.0. The normalized spacial score (nSPS) is 11.3. The zero-order valence-electron chi connectivity index (χ0n) is 7.07. The molecule has 0 fully saturated rings. The van der Waals surface area contributed by atoms with Crippen molar-refractivity contribution >= 4 is 25.6 Å². The second-order valence-electron chi connectivity index (χ2n) is 2.60. The number of hydrogen-bond acceptors (Lipinski definition) is 4. The van der Waals surface area contributed by atoms with Crippen molar-refractivity contribution in [3.05, 3.63) is 23.5 Å². The molecule has 0 unspecified atom stereocenters. The fraction of sp³-hybridized carbons (Fsp3) is 0. The molecule has 1 aromatic rings. The van der Waals surface area contributed by atoms with E-state index in [9.17, 15) is 17.6 Å². The predicted octanol–water partition coefficient (Wildman–Crippen LogP) is 0.558. The zero-order valence-corrected chi connectivity index (χ0v) is 8.64. The standard InChI is InChI=1S/C7H5ClFNO4S/c8-15(13,14)6-1-3(7(10)12)5(11)2-4(6)9/h1-2,11H,(H2,10,12). The van der Waals surface area contributed by atoms with Gasteiger partial charge in [-0.05, 0) is 6.07 Å². The number of aromatic hydroxyl groups is 1. The van der Waals surface area contributed by atoms with Crippen LogP contribution in [0.1, 0.15) is 10.4 Å². The van der Waals surface area contributed by atoms with Gasteiger partial charge >= 0.3 is 0 Å². The summed E-state index contributed by atoms with van der Waals surface area (Å²) in [5.74, 6) is -3.09. The van der Waals surface area contributed by atoms with Gasteiger partial charge in [-0.25, -0.2) is 12.8 Å². The van der Waals surface area contributed by atoms with Crippen molar-refractivity contribution in [3.8, 4) is 5.75 Å². The van der Waals surface area contributed by atoms with Gasteiger partial charge in [-0.15, -0.1) is 0 Å². The number of carbonyl (C=O) groups excluding carboxylic acids is 1. The highest BCUT2D eigenvalue weighted by Crippen LogP contribution is 2.26. The molecule has 1 rings (SSSR count). The van der Waals surface area contributed by atoms with E-state index in [4.69, 9.17) is 21.5 Å². The van der Waals surface area contributed by atoms with Crippen LogP contribution in [-0.2, 0) is 9.05 Å². The van der Waals surface area contributed by atoms with Crippen LogP contribution in [0.15, 0.2) is 17.0 Å². The summed E-state index contributed by atoms with van der Waals surface area (Å²) in [6.45, 7) is 0. The average Bonchev–Trinajstić information content (AvgIpc) is 2.00. The summed E-state index contributed by atoms with van der Waals surface area (Å²) in [6, 6.07) is 1.03. The van der Waals surface area contributed by atoms with Crippen LogP contribution in [0.4, 0.5) is 4.39 Å². The van der Waals surface area contributed by atoms with Crippen molar-refractivity contribution in [2.45, 2.75) is 4.90 Å². The minimum absolute atomic E-state index is 0.454. The van der Waals surface area contributed by atoms with Crippen LogP contribution in [0.3, 0.4) is 0 Å². The van der Waals surface area contributed by atoms with Crippen LogP contribution in [0.5, 0.6) is 5.75 Å². The van der Waals surface area contributed by atoms with Crippen LogP contribution in [0.2, 0.25) is 0 Å². The lowest BCUT2D eigenvalue weighted by Gasteiger charge is -2.03. The number of amides is 1. The summed E-state index contributed by atoms with van der Waals surface area (Å²) in [5.41, 5.74) is 4.30. The Kier molecular flexibility index (Phi) is 2.87. The molecule has 0 aromatic heterocycles. The molecule has 1 aromatic carbocycles. The van der Waals surface area contributed by atoms with E-state index in [0.717, 1.165) is 0 Å². The molecular formula is C7H5ClFNO4S. The number of hydrogen-bond donors (Lipinski definition) is 2. The van der Waals surface area contributed by atoms with Crippen LogP contribution in [0, 0.1) is 5.82 Å². The molecule has 0 spiro atoms. The van der Waals surface area contributed by atoms with Gasteiger partial charge in [0.05, 0.1) is 5.56 Å². The molecule has 0 radical (unpaired) electrons. The lowest BCUT2D eigenvalue weighted by Crippen LogP contribution is -2.12. The Hall–Kier alpha value is -1.34. The summed E-state index contributed by atoms with van der Waals surface area (Å²) in [6.07, 6.45) is 0. The molecule has 15 heavy (non-hydrogen) atoms. The quantitative estimate of drug-likeness (QED) is 0.753. The minimum atomic E-state index is -4.33. The highest BCUT2D eigenvalue weighted by molar-refractivity contribution is 8.13. The maximum atomic E-state index is 13.0. The highest BCUT2D eigenvalue weighted by Gasteiger charge is 2.21. The summed E-state index contributed by atoms with van der Waals surface area (Å²) in [5, 5.41) is 9.07. The smallest absolute Gasteiger partial charge is 0.264 e. The second kappa shape index (κ2) is 3.67. The van der Waals surface area contributed by atoms with E-state index >= 15 is 0 Å². The number of halogens is 2.